The van der Waals surface area contributed by atoms with Crippen LogP contribution in [-0.4, -0.2) is 16.6 Å². The number of carbonyl (C=O) groups is 1. The van der Waals surface area contributed by atoms with Gasteiger partial charge >= 0.3 is 0 Å². The Balaban J connectivity index is 1.51. The summed E-state index contributed by atoms with van der Waals surface area (Å²) < 4.78 is 6.02. The average molecular weight is 411 g/mol. The van der Waals surface area contributed by atoms with Crippen molar-refractivity contribution < 1.29 is 9.21 Å². The van der Waals surface area contributed by atoms with Gasteiger partial charge in [-0.15, -0.1) is 0 Å². The fourth-order valence-corrected chi connectivity index (χ4v) is 3.52. The fraction of sp³-hybridized carbons (Fsp3) is 0.0417. The van der Waals surface area contributed by atoms with Gasteiger partial charge in [0.15, 0.2) is 5.76 Å². The maximum absolute atomic E-state index is 12.3. The minimum Gasteiger partial charge on any atom is -0.431 e. The first-order valence-electron chi connectivity index (χ1n) is 9.27. The van der Waals surface area contributed by atoms with Gasteiger partial charge in [-0.25, -0.2) is 4.98 Å². The Morgan fingerprint density at radius 3 is 2.20 bits per heavy atom. The molecule has 1 amide bonds. The normalized spacial score (nSPS) is 10.4. The molecule has 0 atom stereocenters. The van der Waals surface area contributed by atoms with Crippen molar-refractivity contribution in [1.82, 2.24) is 4.98 Å². The van der Waals surface area contributed by atoms with Gasteiger partial charge in [0, 0.05) is 16.8 Å². The van der Waals surface area contributed by atoms with Crippen LogP contribution in [0.1, 0.15) is 5.56 Å². The van der Waals surface area contributed by atoms with Crippen LogP contribution in [-0.2, 0) is 4.79 Å². The molecule has 0 aliphatic heterocycles. The van der Waals surface area contributed by atoms with Crippen molar-refractivity contribution in [3.8, 4) is 28.7 Å². The number of amides is 1. The van der Waals surface area contributed by atoms with E-state index in [9.17, 15) is 4.79 Å². The SMILES string of the molecule is N#Cc1ccc(NC(=O)CSc2nc(-c3ccccc3)c(-c3ccccc3)o2)cc1. The standard InChI is InChI=1S/C24H17N3O2S/c25-15-17-11-13-20(14-12-17)26-21(28)16-30-24-27-22(18-7-3-1-4-8-18)23(29-24)19-9-5-2-6-10-19/h1-14H,16H2,(H,26,28). The number of nitriles is 1. The zero-order valence-electron chi connectivity index (χ0n) is 15.9. The summed E-state index contributed by atoms with van der Waals surface area (Å²) >= 11 is 1.24. The van der Waals surface area contributed by atoms with Gasteiger partial charge in [0.2, 0.25) is 5.91 Å². The van der Waals surface area contributed by atoms with Crippen molar-refractivity contribution >= 4 is 23.4 Å². The second kappa shape index (κ2) is 9.12. The molecule has 0 aliphatic carbocycles. The highest BCUT2D eigenvalue weighted by molar-refractivity contribution is 7.99. The first-order chi connectivity index (χ1) is 14.7. The van der Waals surface area contributed by atoms with Crippen LogP contribution in [0.2, 0.25) is 0 Å². The van der Waals surface area contributed by atoms with Gasteiger partial charge in [0.1, 0.15) is 5.69 Å². The Kier molecular flexibility index (Phi) is 5.93. The van der Waals surface area contributed by atoms with Gasteiger partial charge in [0.25, 0.3) is 5.22 Å². The molecule has 0 saturated heterocycles. The molecule has 5 nitrogen and oxygen atoms in total. The predicted octanol–water partition coefficient (Wildman–Crippen LogP) is 5.61. The van der Waals surface area contributed by atoms with Crippen LogP contribution in [0.25, 0.3) is 22.6 Å². The number of oxazole rings is 1. The molecule has 4 rings (SSSR count). The molecule has 1 aromatic heterocycles. The lowest BCUT2D eigenvalue weighted by atomic mass is 10.1. The predicted molar refractivity (Wildman–Crippen MR) is 118 cm³/mol. The highest BCUT2D eigenvalue weighted by Gasteiger charge is 2.18. The summed E-state index contributed by atoms with van der Waals surface area (Å²) in [5.74, 6) is 0.658. The number of nitrogens with one attached hydrogen (secondary N) is 1. The highest BCUT2D eigenvalue weighted by Crippen LogP contribution is 2.35. The highest BCUT2D eigenvalue weighted by atomic mass is 32.2. The molecule has 1 heterocycles. The lowest BCUT2D eigenvalue weighted by molar-refractivity contribution is -0.113. The van der Waals surface area contributed by atoms with Crippen LogP contribution >= 0.6 is 11.8 Å². The van der Waals surface area contributed by atoms with E-state index < -0.39 is 0 Å². The zero-order chi connectivity index (χ0) is 20.8. The molecule has 6 heteroatoms. The lowest BCUT2D eigenvalue weighted by Gasteiger charge is -2.03. The third kappa shape index (κ3) is 4.59. The molecular formula is C24H17N3O2S. The Hall–Kier alpha value is -3.82. The summed E-state index contributed by atoms with van der Waals surface area (Å²) in [5, 5.41) is 12.1. The van der Waals surface area contributed by atoms with Gasteiger partial charge in [-0.05, 0) is 24.3 Å². The van der Waals surface area contributed by atoms with Gasteiger partial charge < -0.3 is 9.73 Å². The second-order valence-electron chi connectivity index (χ2n) is 6.42. The first-order valence-corrected chi connectivity index (χ1v) is 10.3. The molecule has 0 saturated carbocycles. The van der Waals surface area contributed by atoms with Crippen molar-refractivity contribution in [2.24, 2.45) is 0 Å². The third-order valence-corrected chi connectivity index (χ3v) is 5.14. The number of nitrogens with zero attached hydrogens (tertiary/aromatic N) is 2. The molecule has 30 heavy (non-hydrogen) atoms. The van der Waals surface area contributed by atoms with Crippen molar-refractivity contribution in [2.45, 2.75) is 5.22 Å². The van der Waals surface area contributed by atoms with E-state index in [4.69, 9.17) is 9.68 Å². The number of thioether (sulfide) groups is 1. The molecule has 1 N–H and O–H groups in total. The minimum absolute atomic E-state index is 0.156. The van der Waals surface area contributed by atoms with Crippen LogP contribution in [0.3, 0.4) is 0 Å². The molecule has 0 bridgehead atoms. The number of aromatic nitrogens is 1. The molecular weight excluding hydrogens is 394 g/mol. The zero-order valence-corrected chi connectivity index (χ0v) is 16.7. The number of hydrogen-bond acceptors (Lipinski definition) is 5. The van der Waals surface area contributed by atoms with E-state index in [1.807, 2.05) is 60.7 Å². The van der Waals surface area contributed by atoms with Gasteiger partial charge in [-0.3, -0.25) is 4.79 Å². The van der Waals surface area contributed by atoms with E-state index in [-0.39, 0.29) is 11.7 Å². The summed E-state index contributed by atoms with van der Waals surface area (Å²) in [6.07, 6.45) is 0. The monoisotopic (exact) mass is 411 g/mol. The Morgan fingerprint density at radius 2 is 1.57 bits per heavy atom. The summed E-state index contributed by atoms with van der Waals surface area (Å²) in [6.45, 7) is 0. The molecule has 146 valence electrons. The molecule has 0 radical (unpaired) electrons. The topological polar surface area (TPSA) is 78.9 Å². The maximum atomic E-state index is 12.3. The van der Waals surface area contributed by atoms with E-state index in [0.29, 0.717) is 22.2 Å². The first kappa shape index (κ1) is 19.5. The van der Waals surface area contributed by atoms with E-state index in [2.05, 4.69) is 16.4 Å². The van der Waals surface area contributed by atoms with E-state index in [1.54, 1.807) is 24.3 Å². The van der Waals surface area contributed by atoms with E-state index in [1.165, 1.54) is 11.8 Å². The van der Waals surface area contributed by atoms with Crippen molar-refractivity contribution in [3.05, 3.63) is 90.5 Å². The van der Waals surface area contributed by atoms with Crippen molar-refractivity contribution in [2.75, 3.05) is 11.1 Å². The van der Waals surface area contributed by atoms with Crippen LogP contribution in [0.5, 0.6) is 0 Å². The summed E-state index contributed by atoms with van der Waals surface area (Å²) in [5.41, 5.74) is 3.81. The van der Waals surface area contributed by atoms with Gasteiger partial charge in [-0.1, -0.05) is 72.4 Å². The smallest absolute Gasteiger partial charge is 0.257 e. The lowest BCUT2D eigenvalue weighted by Crippen LogP contribution is -2.13. The Labute approximate surface area is 178 Å². The summed E-state index contributed by atoms with van der Waals surface area (Å²) in [7, 11) is 0. The number of anilines is 1. The number of hydrogen-bond donors (Lipinski definition) is 1. The third-order valence-electron chi connectivity index (χ3n) is 4.32. The van der Waals surface area contributed by atoms with Crippen LogP contribution in [0, 0.1) is 11.3 Å². The summed E-state index contributed by atoms with van der Waals surface area (Å²) in [4.78, 5) is 16.9. The minimum atomic E-state index is -0.176. The second-order valence-corrected chi connectivity index (χ2v) is 7.34. The molecule has 0 fully saturated rings. The van der Waals surface area contributed by atoms with E-state index >= 15 is 0 Å². The average Bonchev–Trinajstić information content (AvgIpc) is 3.24. The van der Waals surface area contributed by atoms with Gasteiger partial charge in [-0.2, -0.15) is 5.26 Å². The van der Waals surface area contributed by atoms with Crippen LogP contribution < -0.4 is 5.32 Å². The van der Waals surface area contributed by atoms with Crippen LogP contribution in [0.4, 0.5) is 5.69 Å². The Bertz CT molecular complexity index is 1120. The largest absolute Gasteiger partial charge is 0.431 e. The number of rotatable bonds is 6. The van der Waals surface area contributed by atoms with Crippen molar-refractivity contribution in [1.29, 1.82) is 5.26 Å². The molecule has 0 aliphatic rings. The summed E-state index contributed by atoms with van der Waals surface area (Å²) in [6, 6.07) is 28.4. The number of benzene rings is 3. The van der Waals surface area contributed by atoms with Crippen LogP contribution in [0.15, 0.2) is 94.6 Å². The molecule has 4 aromatic rings. The molecule has 0 spiro atoms. The van der Waals surface area contributed by atoms with Crippen molar-refractivity contribution in [3.63, 3.8) is 0 Å². The maximum Gasteiger partial charge on any atom is 0.257 e. The van der Waals surface area contributed by atoms with E-state index in [0.717, 1.165) is 16.8 Å². The molecule has 3 aromatic carbocycles. The Morgan fingerprint density at radius 1 is 0.933 bits per heavy atom. The van der Waals surface area contributed by atoms with Gasteiger partial charge in [0.05, 0.1) is 17.4 Å². The quantitative estimate of drug-likeness (QED) is 0.417. The fourth-order valence-electron chi connectivity index (χ4n) is 2.89. The molecule has 0 unspecified atom stereocenters. The number of carbonyl (C=O) groups excluding carboxylic acids is 1.